The Hall–Kier alpha value is -1.71. The molecule has 1 aromatic rings. The molecule has 5 N–H and O–H groups in total. The SMILES string of the molecule is CC1(C)C(Nc2ccc(C(N)=O)cc2N)C1(C)C. The van der Waals surface area contributed by atoms with Crippen LogP contribution < -0.4 is 16.8 Å². The molecule has 0 radical (unpaired) electrons. The topological polar surface area (TPSA) is 81.1 Å². The van der Waals surface area contributed by atoms with Crippen LogP contribution in [0.25, 0.3) is 0 Å². The Morgan fingerprint density at radius 2 is 1.78 bits per heavy atom. The monoisotopic (exact) mass is 247 g/mol. The summed E-state index contributed by atoms with van der Waals surface area (Å²) in [5.74, 6) is -0.458. The van der Waals surface area contributed by atoms with Crippen LogP contribution in [0.4, 0.5) is 11.4 Å². The fourth-order valence-corrected chi connectivity index (χ4v) is 2.56. The summed E-state index contributed by atoms with van der Waals surface area (Å²) < 4.78 is 0. The average Bonchev–Trinajstić information content (AvgIpc) is 2.63. The highest BCUT2D eigenvalue weighted by Crippen LogP contribution is 2.63. The quantitative estimate of drug-likeness (QED) is 0.716. The van der Waals surface area contributed by atoms with E-state index in [1.165, 1.54) is 0 Å². The van der Waals surface area contributed by atoms with E-state index in [0.29, 0.717) is 17.3 Å². The molecule has 0 aliphatic heterocycles. The van der Waals surface area contributed by atoms with Gasteiger partial charge in [0.1, 0.15) is 0 Å². The largest absolute Gasteiger partial charge is 0.397 e. The van der Waals surface area contributed by atoms with Crippen LogP contribution >= 0.6 is 0 Å². The number of amides is 1. The van der Waals surface area contributed by atoms with Crippen LogP contribution in [0, 0.1) is 10.8 Å². The second-order valence-electron chi connectivity index (χ2n) is 6.19. The predicted molar refractivity (Wildman–Crippen MR) is 74.3 cm³/mol. The van der Waals surface area contributed by atoms with E-state index < -0.39 is 5.91 Å². The van der Waals surface area contributed by atoms with Crippen LogP contribution in [0.3, 0.4) is 0 Å². The van der Waals surface area contributed by atoms with Gasteiger partial charge in [-0.2, -0.15) is 0 Å². The van der Waals surface area contributed by atoms with Crippen molar-refractivity contribution in [1.29, 1.82) is 0 Å². The van der Waals surface area contributed by atoms with E-state index in [9.17, 15) is 4.79 Å². The van der Waals surface area contributed by atoms with E-state index in [1.807, 2.05) is 6.07 Å². The van der Waals surface area contributed by atoms with Crippen LogP contribution in [0.1, 0.15) is 38.1 Å². The Labute approximate surface area is 108 Å². The third-order valence-electron chi connectivity index (χ3n) is 4.66. The van der Waals surface area contributed by atoms with Crippen molar-refractivity contribution in [3.8, 4) is 0 Å². The molecule has 18 heavy (non-hydrogen) atoms. The molecule has 0 saturated heterocycles. The molecular weight excluding hydrogens is 226 g/mol. The van der Waals surface area contributed by atoms with Crippen molar-refractivity contribution in [2.75, 3.05) is 11.1 Å². The third-order valence-corrected chi connectivity index (χ3v) is 4.66. The normalized spacial score (nSPS) is 20.4. The van der Waals surface area contributed by atoms with Crippen molar-refractivity contribution in [2.24, 2.45) is 16.6 Å². The minimum absolute atomic E-state index is 0.238. The number of primary amides is 1. The van der Waals surface area contributed by atoms with Gasteiger partial charge in [-0.05, 0) is 29.0 Å². The van der Waals surface area contributed by atoms with E-state index >= 15 is 0 Å². The molecule has 98 valence electrons. The van der Waals surface area contributed by atoms with Crippen molar-refractivity contribution < 1.29 is 4.79 Å². The molecule has 1 aromatic carbocycles. The molecule has 1 aliphatic carbocycles. The van der Waals surface area contributed by atoms with Crippen LogP contribution in [0.5, 0.6) is 0 Å². The Bertz CT molecular complexity index is 492. The molecule has 0 unspecified atom stereocenters. The van der Waals surface area contributed by atoms with Gasteiger partial charge in [-0.15, -0.1) is 0 Å². The zero-order valence-corrected chi connectivity index (χ0v) is 11.4. The maximum atomic E-state index is 11.1. The van der Waals surface area contributed by atoms with Gasteiger partial charge >= 0.3 is 0 Å². The molecular formula is C14H21N3O. The van der Waals surface area contributed by atoms with Gasteiger partial charge in [0, 0.05) is 11.6 Å². The molecule has 4 nitrogen and oxygen atoms in total. The number of nitrogen functional groups attached to an aromatic ring is 1. The second-order valence-corrected chi connectivity index (χ2v) is 6.19. The number of nitrogens with one attached hydrogen (secondary N) is 1. The Morgan fingerprint density at radius 1 is 1.22 bits per heavy atom. The molecule has 2 rings (SSSR count). The lowest BCUT2D eigenvalue weighted by Gasteiger charge is -2.11. The number of rotatable bonds is 3. The number of hydrogen-bond acceptors (Lipinski definition) is 3. The number of anilines is 2. The summed E-state index contributed by atoms with van der Waals surface area (Å²) in [7, 11) is 0. The van der Waals surface area contributed by atoms with E-state index in [1.54, 1.807) is 12.1 Å². The fourth-order valence-electron chi connectivity index (χ4n) is 2.56. The first-order chi connectivity index (χ1) is 8.18. The minimum Gasteiger partial charge on any atom is -0.397 e. The number of nitrogens with two attached hydrogens (primary N) is 2. The molecule has 0 bridgehead atoms. The summed E-state index contributed by atoms with van der Waals surface area (Å²) in [6.45, 7) is 8.94. The number of benzene rings is 1. The van der Waals surface area contributed by atoms with Gasteiger partial charge in [0.25, 0.3) is 0 Å². The smallest absolute Gasteiger partial charge is 0.248 e. The zero-order chi connectivity index (χ0) is 13.7. The van der Waals surface area contributed by atoms with Crippen LogP contribution in [-0.2, 0) is 0 Å². The van der Waals surface area contributed by atoms with E-state index in [2.05, 4.69) is 33.0 Å². The molecule has 4 heteroatoms. The van der Waals surface area contributed by atoms with Gasteiger partial charge in [0.15, 0.2) is 0 Å². The maximum Gasteiger partial charge on any atom is 0.248 e. The Morgan fingerprint density at radius 3 is 2.17 bits per heavy atom. The lowest BCUT2D eigenvalue weighted by molar-refractivity contribution is 0.100. The highest BCUT2D eigenvalue weighted by atomic mass is 16.1. The summed E-state index contributed by atoms with van der Waals surface area (Å²) >= 11 is 0. The Balaban J connectivity index is 2.20. The minimum atomic E-state index is -0.458. The molecule has 0 heterocycles. The van der Waals surface area contributed by atoms with Crippen LogP contribution in [-0.4, -0.2) is 11.9 Å². The average molecular weight is 247 g/mol. The van der Waals surface area contributed by atoms with Gasteiger partial charge < -0.3 is 16.8 Å². The number of carbonyl (C=O) groups excluding carboxylic acids is 1. The first-order valence-corrected chi connectivity index (χ1v) is 6.14. The first kappa shape index (κ1) is 12.7. The summed E-state index contributed by atoms with van der Waals surface area (Å²) in [5.41, 5.74) is 13.5. The van der Waals surface area contributed by atoms with E-state index in [0.717, 1.165) is 5.69 Å². The molecule has 1 amide bonds. The van der Waals surface area contributed by atoms with Gasteiger partial charge in [-0.25, -0.2) is 0 Å². The van der Waals surface area contributed by atoms with Crippen LogP contribution in [0.2, 0.25) is 0 Å². The van der Waals surface area contributed by atoms with Gasteiger partial charge in [-0.1, -0.05) is 27.7 Å². The zero-order valence-electron chi connectivity index (χ0n) is 11.4. The summed E-state index contributed by atoms with van der Waals surface area (Å²) in [6, 6.07) is 5.52. The second kappa shape index (κ2) is 3.64. The van der Waals surface area contributed by atoms with Crippen molar-refractivity contribution in [3.63, 3.8) is 0 Å². The van der Waals surface area contributed by atoms with Crippen LogP contribution in [0.15, 0.2) is 18.2 Å². The van der Waals surface area contributed by atoms with E-state index in [-0.39, 0.29) is 10.8 Å². The lowest BCUT2D eigenvalue weighted by atomic mass is 10.0. The van der Waals surface area contributed by atoms with Gasteiger partial charge in [0.2, 0.25) is 5.91 Å². The predicted octanol–water partition coefficient (Wildman–Crippen LogP) is 2.21. The molecule has 0 aromatic heterocycles. The number of hydrogen-bond donors (Lipinski definition) is 3. The standard InChI is InChI=1S/C14H21N3O/c1-13(2)12(14(13,3)4)17-10-6-5-8(11(16)18)7-9(10)15/h5-7,12,17H,15H2,1-4H3,(H2,16,18). The van der Waals surface area contributed by atoms with Crippen molar-refractivity contribution in [2.45, 2.75) is 33.7 Å². The Kier molecular flexibility index (Phi) is 2.58. The molecule has 1 fully saturated rings. The highest BCUT2D eigenvalue weighted by Gasteiger charge is 2.64. The summed E-state index contributed by atoms with van der Waals surface area (Å²) in [5, 5.41) is 3.45. The highest BCUT2D eigenvalue weighted by molar-refractivity contribution is 5.94. The van der Waals surface area contributed by atoms with Crippen molar-refractivity contribution in [1.82, 2.24) is 0 Å². The molecule has 0 spiro atoms. The number of carbonyl (C=O) groups is 1. The molecule has 1 saturated carbocycles. The first-order valence-electron chi connectivity index (χ1n) is 6.14. The van der Waals surface area contributed by atoms with Gasteiger partial charge in [0.05, 0.1) is 11.4 Å². The fraction of sp³-hybridized carbons (Fsp3) is 0.500. The van der Waals surface area contributed by atoms with Gasteiger partial charge in [-0.3, -0.25) is 4.79 Å². The maximum absolute atomic E-state index is 11.1. The van der Waals surface area contributed by atoms with E-state index in [4.69, 9.17) is 11.5 Å². The molecule has 1 aliphatic rings. The lowest BCUT2D eigenvalue weighted by Crippen LogP contribution is -2.14. The summed E-state index contributed by atoms with van der Waals surface area (Å²) in [4.78, 5) is 11.1. The van der Waals surface area contributed by atoms with Crippen molar-refractivity contribution in [3.05, 3.63) is 23.8 Å². The third kappa shape index (κ3) is 1.72. The van der Waals surface area contributed by atoms with Crippen molar-refractivity contribution >= 4 is 17.3 Å². The summed E-state index contributed by atoms with van der Waals surface area (Å²) in [6.07, 6.45) is 0. The molecule has 0 atom stereocenters.